The molecule has 1 N–H and O–H groups in total. The van der Waals surface area contributed by atoms with Gasteiger partial charge in [-0.05, 0) is 32.9 Å². The van der Waals surface area contributed by atoms with Crippen molar-refractivity contribution in [3.8, 4) is 5.75 Å². The third-order valence-corrected chi connectivity index (χ3v) is 2.17. The highest BCUT2D eigenvalue weighted by Gasteiger charge is 2.16. The number of amides is 1. The zero-order valence-electron chi connectivity index (χ0n) is 12.2. The minimum absolute atomic E-state index is 0.150. The van der Waals surface area contributed by atoms with E-state index in [0.29, 0.717) is 5.56 Å². The molecule has 1 aromatic rings. The number of nitro benzene ring substituents is 1. The largest absolute Gasteiger partial charge is 0.490 e. The van der Waals surface area contributed by atoms with Crippen LogP contribution in [0.25, 0.3) is 0 Å². The highest BCUT2D eigenvalue weighted by Crippen LogP contribution is 2.26. The van der Waals surface area contributed by atoms with Crippen molar-refractivity contribution in [3.63, 3.8) is 0 Å². The first kappa shape index (κ1) is 16.4. The number of nitrogens with zero attached hydrogens (tertiary/aromatic N) is 2. The van der Waals surface area contributed by atoms with Crippen LogP contribution in [0.3, 0.4) is 0 Å². The predicted octanol–water partition coefficient (Wildman–Crippen LogP) is 2.46. The number of hydrogen-bond acceptors (Lipinski definition) is 6. The van der Waals surface area contributed by atoms with Gasteiger partial charge in [0.1, 0.15) is 5.60 Å². The van der Waals surface area contributed by atoms with E-state index in [1.807, 2.05) is 0 Å². The van der Waals surface area contributed by atoms with Crippen molar-refractivity contribution < 1.29 is 19.2 Å². The molecule has 1 rings (SSSR count). The van der Waals surface area contributed by atoms with Crippen LogP contribution in [0.15, 0.2) is 23.3 Å². The Morgan fingerprint density at radius 3 is 2.62 bits per heavy atom. The van der Waals surface area contributed by atoms with E-state index in [1.54, 1.807) is 26.8 Å². The Kier molecular flexibility index (Phi) is 5.23. The van der Waals surface area contributed by atoms with Crippen molar-refractivity contribution in [2.45, 2.75) is 26.4 Å². The van der Waals surface area contributed by atoms with Gasteiger partial charge in [-0.15, -0.1) is 0 Å². The monoisotopic (exact) mass is 295 g/mol. The number of ether oxygens (including phenoxy) is 2. The molecule has 1 amide bonds. The van der Waals surface area contributed by atoms with Crippen molar-refractivity contribution in [2.75, 3.05) is 7.11 Å². The molecule has 0 unspecified atom stereocenters. The van der Waals surface area contributed by atoms with Crippen LogP contribution in [0.5, 0.6) is 5.75 Å². The maximum atomic E-state index is 11.3. The van der Waals surface area contributed by atoms with Gasteiger partial charge in [0.2, 0.25) is 0 Å². The lowest BCUT2D eigenvalue weighted by molar-refractivity contribution is -0.385. The molecule has 8 heteroatoms. The van der Waals surface area contributed by atoms with Crippen LogP contribution in [0, 0.1) is 10.1 Å². The van der Waals surface area contributed by atoms with Crippen molar-refractivity contribution in [1.82, 2.24) is 5.43 Å². The first-order chi connectivity index (χ1) is 9.73. The molecule has 1 aromatic carbocycles. The second-order valence-corrected chi connectivity index (χ2v) is 5.06. The van der Waals surface area contributed by atoms with E-state index in [1.165, 1.54) is 25.5 Å². The summed E-state index contributed by atoms with van der Waals surface area (Å²) in [5.41, 5.74) is 1.81. The fraction of sp³-hybridized carbons (Fsp3) is 0.385. The molecule has 0 heterocycles. The summed E-state index contributed by atoms with van der Waals surface area (Å²) in [6, 6.07) is 4.32. The van der Waals surface area contributed by atoms with Gasteiger partial charge in [0.05, 0.1) is 18.2 Å². The van der Waals surface area contributed by atoms with Gasteiger partial charge in [-0.2, -0.15) is 5.10 Å². The van der Waals surface area contributed by atoms with E-state index < -0.39 is 16.6 Å². The number of hydrazone groups is 1. The average molecular weight is 295 g/mol. The van der Waals surface area contributed by atoms with Gasteiger partial charge < -0.3 is 9.47 Å². The lowest BCUT2D eigenvalue weighted by atomic mass is 10.2. The third kappa shape index (κ3) is 5.47. The number of nitrogens with one attached hydrogen (secondary N) is 1. The second kappa shape index (κ2) is 6.69. The van der Waals surface area contributed by atoms with Crippen LogP contribution in [0.1, 0.15) is 26.3 Å². The number of rotatable bonds is 4. The van der Waals surface area contributed by atoms with Crippen molar-refractivity contribution in [3.05, 3.63) is 33.9 Å². The summed E-state index contributed by atoms with van der Waals surface area (Å²) < 4.78 is 9.87. The normalized spacial score (nSPS) is 11.2. The van der Waals surface area contributed by atoms with Gasteiger partial charge in [-0.3, -0.25) is 10.1 Å². The number of hydrogen-bond donors (Lipinski definition) is 1. The Morgan fingerprint density at radius 1 is 1.43 bits per heavy atom. The molecule has 0 fully saturated rings. The minimum atomic E-state index is -0.707. The molecular formula is C13H17N3O5. The number of benzene rings is 1. The summed E-state index contributed by atoms with van der Waals surface area (Å²) in [5, 5.41) is 14.5. The summed E-state index contributed by atoms with van der Waals surface area (Å²) in [6.45, 7) is 5.18. The number of carbonyl (C=O) groups excluding carboxylic acids is 1. The minimum Gasteiger partial charge on any atom is -0.490 e. The molecule has 0 aromatic heterocycles. The van der Waals surface area contributed by atoms with E-state index in [9.17, 15) is 14.9 Å². The van der Waals surface area contributed by atoms with Crippen LogP contribution in [0.4, 0.5) is 10.5 Å². The number of methoxy groups -OCH3 is 1. The highest BCUT2D eigenvalue weighted by atomic mass is 16.6. The number of carbonyl (C=O) groups is 1. The molecule has 8 nitrogen and oxygen atoms in total. The van der Waals surface area contributed by atoms with Crippen LogP contribution < -0.4 is 10.2 Å². The molecule has 0 bridgehead atoms. The van der Waals surface area contributed by atoms with Crippen molar-refractivity contribution >= 4 is 18.0 Å². The fourth-order valence-corrected chi connectivity index (χ4v) is 1.39. The summed E-state index contributed by atoms with van der Waals surface area (Å²) >= 11 is 0. The smallest absolute Gasteiger partial charge is 0.428 e. The molecule has 0 aliphatic carbocycles. The topological polar surface area (TPSA) is 103 Å². The van der Waals surface area contributed by atoms with E-state index in [-0.39, 0.29) is 11.4 Å². The molecule has 0 saturated carbocycles. The maximum Gasteiger partial charge on any atom is 0.428 e. The molecule has 21 heavy (non-hydrogen) atoms. The van der Waals surface area contributed by atoms with Gasteiger partial charge in [-0.25, -0.2) is 10.2 Å². The summed E-state index contributed by atoms with van der Waals surface area (Å²) in [7, 11) is 1.35. The Bertz CT molecular complexity index is 563. The first-order valence-electron chi connectivity index (χ1n) is 6.07. The summed E-state index contributed by atoms with van der Waals surface area (Å²) in [5.74, 6) is 0.150. The zero-order chi connectivity index (χ0) is 16.0. The number of nitro groups is 1. The lowest BCUT2D eigenvalue weighted by Gasteiger charge is -2.18. The van der Waals surface area contributed by atoms with Gasteiger partial charge in [-0.1, -0.05) is 0 Å². The molecular weight excluding hydrogens is 278 g/mol. The molecule has 0 aliphatic heterocycles. The first-order valence-corrected chi connectivity index (χ1v) is 6.07. The van der Waals surface area contributed by atoms with E-state index in [4.69, 9.17) is 9.47 Å². The SMILES string of the molecule is COc1ccc(/C=N\NC(=O)OC(C)(C)C)cc1[N+](=O)[O-]. The molecule has 0 spiro atoms. The predicted molar refractivity (Wildman–Crippen MR) is 76.6 cm³/mol. The van der Waals surface area contributed by atoms with E-state index >= 15 is 0 Å². The Morgan fingerprint density at radius 2 is 2.10 bits per heavy atom. The molecule has 0 aliphatic rings. The van der Waals surface area contributed by atoms with Gasteiger partial charge >= 0.3 is 11.8 Å². The van der Waals surface area contributed by atoms with Crippen LogP contribution in [0.2, 0.25) is 0 Å². The molecule has 0 radical (unpaired) electrons. The van der Waals surface area contributed by atoms with Crippen LogP contribution in [-0.4, -0.2) is 29.9 Å². The van der Waals surface area contributed by atoms with Gasteiger partial charge in [0, 0.05) is 11.6 Å². The molecule has 114 valence electrons. The van der Waals surface area contributed by atoms with Gasteiger partial charge in [0.15, 0.2) is 5.75 Å². The Balaban J connectivity index is 2.75. The van der Waals surface area contributed by atoms with Crippen molar-refractivity contribution in [1.29, 1.82) is 0 Å². The van der Waals surface area contributed by atoms with E-state index in [2.05, 4.69) is 10.5 Å². The maximum absolute atomic E-state index is 11.3. The molecule has 0 atom stereocenters. The highest BCUT2D eigenvalue weighted by molar-refractivity contribution is 5.82. The summed E-state index contributed by atoms with van der Waals surface area (Å²) in [4.78, 5) is 21.7. The lowest BCUT2D eigenvalue weighted by Crippen LogP contribution is -2.29. The third-order valence-electron chi connectivity index (χ3n) is 2.17. The van der Waals surface area contributed by atoms with Gasteiger partial charge in [0.25, 0.3) is 0 Å². The van der Waals surface area contributed by atoms with E-state index in [0.717, 1.165) is 0 Å². The van der Waals surface area contributed by atoms with Crippen LogP contribution >= 0.6 is 0 Å². The standard InChI is InChI=1S/C13H17N3O5/c1-13(2,3)21-12(17)15-14-8-9-5-6-11(20-4)10(7-9)16(18)19/h5-8H,1-4H3,(H,15,17)/b14-8-. The Labute approximate surface area is 121 Å². The van der Waals surface area contributed by atoms with Crippen LogP contribution in [-0.2, 0) is 4.74 Å². The quantitative estimate of drug-likeness (QED) is 0.522. The average Bonchev–Trinajstić information content (AvgIpc) is 2.36. The van der Waals surface area contributed by atoms with Crippen molar-refractivity contribution in [2.24, 2.45) is 5.10 Å². The molecule has 0 saturated heterocycles. The Hall–Kier alpha value is -2.64. The second-order valence-electron chi connectivity index (χ2n) is 5.06. The summed E-state index contributed by atoms with van der Waals surface area (Å²) in [6.07, 6.45) is 0.567. The fourth-order valence-electron chi connectivity index (χ4n) is 1.39. The zero-order valence-corrected chi connectivity index (χ0v) is 12.2.